The molecule has 1 aromatic heterocycles. The summed E-state index contributed by atoms with van der Waals surface area (Å²) in [5.74, 6) is 0.777. The molecule has 4 rings (SSSR count). The normalized spacial score (nSPS) is 15.6. The summed E-state index contributed by atoms with van der Waals surface area (Å²) in [7, 11) is -1.38. The second kappa shape index (κ2) is 15.5. The predicted molar refractivity (Wildman–Crippen MR) is 165 cm³/mol. The number of allylic oxidation sites excluding steroid dienone is 2. The van der Waals surface area contributed by atoms with Crippen LogP contribution >= 0.6 is 0 Å². The average Bonchev–Trinajstić information content (AvgIpc) is 3.19. The Kier molecular flexibility index (Phi) is 12.8. The third kappa shape index (κ3) is 9.29. The van der Waals surface area contributed by atoms with E-state index in [-0.39, 0.29) is 11.8 Å². The lowest BCUT2D eigenvalue weighted by Crippen LogP contribution is -2.50. The van der Waals surface area contributed by atoms with Crippen LogP contribution in [-0.4, -0.2) is 83.1 Å². The molecule has 0 aliphatic carbocycles. The Hall–Kier alpha value is -3.44. The van der Waals surface area contributed by atoms with Crippen LogP contribution in [-0.2, 0) is 34.8 Å². The first-order valence-corrected chi connectivity index (χ1v) is 15.9. The molecular weight excluding hydrogens is 540 g/mol. The zero-order valence-corrected chi connectivity index (χ0v) is 26.4. The molecule has 0 spiro atoms. The van der Waals surface area contributed by atoms with Gasteiger partial charge < -0.3 is 15.1 Å². The maximum absolute atomic E-state index is 13.3. The third-order valence-corrected chi connectivity index (χ3v) is 8.23. The smallest absolute Gasteiger partial charge is 0.254 e. The molecule has 1 saturated heterocycles. The summed E-state index contributed by atoms with van der Waals surface area (Å²) in [4.78, 5) is 29.4. The maximum atomic E-state index is 13.3. The number of amides is 2. The summed E-state index contributed by atoms with van der Waals surface area (Å²) in [6.07, 6.45) is 7.86. The summed E-state index contributed by atoms with van der Waals surface area (Å²) in [5, 5.41) is 7.50. The highest BCUT2D eigenvalue weighted by atomic mass is 32.2. The molecule has 0 radical (unpaired) electrons. The molecule has 3 heterocycles. The Balaban J connectivity index is 0.000000902. The molecule has 1 aromatic carbocycles. The lowest BCUT2D eigenvalue weighted by Gasteiger charge is -2.33. The summed E-state index contributed by atoms with van der Waals surface area (Å²) in [5.41, 5.74) is 4.23. The summed E-state index contributed by atoms with van der Waals surface area (Å²) in [6.45, 7) is 16.3. The molecule has 2 aliphatic rings. The number of aromatic nitrogens is 2. The Bertz CT molecular complexity index is 1340. The van der Waals surface area contributed by atoms with Gasteiger partial charge in [0.25, 0.3) is 5.91 Å². The quantitative estimate of drug-likeness (QED) is 0.532. The molecule has 0 bridgehead atoms. The molecule has 0 unspecified atom stereocenters. The van der Waals surface area contributed by atoms with Gasteiger partial charge >= 0.3 is 0 Å². The molecule has 11 heteroatoms. The van der Waals surface area contributed by atoms with E-state index in [0.29, 0.717) is 57.7 Å². The van der Waals surface area contributed by atoms with Crippen molar-refractivity contribution in [1.29, 1.82) is 0 Å². The largest absolute Gasteiger partial charge is 0.343 e. The molecule has 1 N–H and O–H groups in total. The van der Waals surface area contributed by atoms with Crippen molar-refractivity contribution in [3.05, 3.63) is 71.1 Å². The van der Waals surface area contributed by atoms with Gasteiger partial charge in [-0.2, -0.15) is 9.40 Å². The second-order valence-electron chi connectivity index (χ2n) is 9.88. The van der Waals surface area contributed by atoms with Crippen LogP contribution in [0.2, 0.25) is 0 Å². The van der Waals surface area contributed by atoms with Crippen LogP contribution in [0.25, 0.3) is 0 Å². The molecule has 1 fully saturated rings. The van der Waals surface area contributed by atoms with Crippen molar-refractivity contribution in [2.24, 2.45) is 7.05 Å². The van der Waals surface area contributed by atoms with E-state index in [2.05, 4.69) is 17.0 Å². The fourth-order valence-electron chi connectivity index (χ4n) is 4.56. The topological polar surface area (TPSA) is 108 Å². The first kappa shape index (κ1) is 33.8. The Morgan fingerprint density at radius 1 is 1.05 bits per heavy atom. The van der Waals surface area contributed by atoms with Gasteiger partial charge in [-0.05, 0) is 50.5 Å². The Morgan fingerprint density at radius 3 is 2.24 bits per heavy atom. The predicted octanol–water partition coefficient (Wildman–Crippen LogP) is 3.96. The van der Waals surface area contributed by atoms with Gasteiger partial charge in [-0.25, -0.2) is 8.42 Å². The minimum Gasteiger partial charge on any atom is -0.343 e. The first-order valence-electron chi connectivity index (χ1n) is 14.1. The van der Waals surface area contributed by atoms with E-state index in [1.807, 2.05) is 72.0 Å². The lowest BCUT2D eigenvalue weighted by atomic mass is 10.00. The third-order valence-electron chi connectivity index (χ3n) is 6.93. The van der Waals surface area contributed by atoms with E-state index in [4.69, 9.17) is 0 Å². The number of rotatable bonds is 5. The zero-order valence-electron chi connectivity index (χ0n) is 25.6. The van der Waals surface area contributed by atoms with Crippen molar-refractivity contribution in [1.82, 2.24) is 23.9 Å². The van der Waals surface area contributed by atoms with E-state index in [1.54, 1.807) is 20.7 Å². The van der Waals surface area contributed by atoms with Crippen molar-refractivity contribution in [3.8, 4) is 0 Å². The van der Waals surface area contributed by atoms with Gasteiger partial charge in [0.15, 0.2) is 0 Å². The molecule has 2 aliphatic heterocycles. The second-order valence-corrected chi connectivity index (χ2v) is 11.9. The molecule has 10 nitrogen and oxygen atoms in total. The lowest BCUT2D eigenvalue weighted by molar-refractivity contribution is -0.132. The van der Waals surface area contributed by atoms with Gasteiger partial charge in [0.1, 0.15) is 5.82 Å². The standard InChI is InChI=1S/C24H32N6O4S.C4H8.C2H6/c1-17-13-20(24(32)29-15-18(2)26-23-21(16-29)14-25-27(23)3)6-5-19(17)7-8-22(31)28-9-11-30(12-10-28)35(4,33)34;1-3-4-2;1-2/h5-6,13-14,26H,2,7-12,15-16H2,1,3-4H3;3-4H,1-2H3;1-2H3/b;4-3+;. The van der Waals surface area contributed by atoms with E-state index in [1.165, 1.54) is 10.6 Å². The van der Waals surface area contributed by atoms with Crippen LogP contribution in [0.1, 0.15) is 61.2 Å². The monoisotopic (exact) mass is 586 g/mol. The molecule has 2 amide bonds. The van der Waals surface area contributed by atoms with Crippen LogP contribution in [0, 0.1) is 6.92 Å². The number of piperazine rings is 1. The van der Waals surface area contributed by atoms with Gasteiger partial charge in [-0.1, -0.05) is 38.6 Å². The number of aryl methyl sites for hydroxylation is 3. The van der Waals surface area contributed by atoms with Gasteiger partial charge in [-0.15, -0.1) is 0 Å². The minimum absolute atomic E-state index is 0.0144. The van der Waals surface area contributed by atoms with Crippen LogP contribution in [0.4, 0.5) is 5.82 Å². The van der Waals surface area contributed by atoms with Crippen LogP contribution in [0.3, 0.4) is 0 Å². The zero-order chi connectivity index (χ0) is 30.7. The maximum Gasteiger partial charge on any atom is 0.254 e. The van der Waals surface area contributed by atoms with Gasteiger partial charge in [0, 0.05) is 56.5 Å². The molecule has 0 saturated carbocycles. The number of fused-ring (bicyclic) bond motifs is 1. The highest BCUT2D eigenvalue weighted by molar-refractivity contribution is 7.88. The Labute approximate surface area is 245 Å². The minimum atomic E-state index is -3.22. The van der Waals surface area contributed by atoms with E-state index in [9.17, 15) is 18.0 Å². The van der Waals surface area contributed by atoms with Crippen LogP contribution in [0.5, 0.6) is 0 Å². The van der Waals surface area contributed by atoms with E-state index in [0.717, 1.165) is 28.2 Å². The van der Waals surface area contributed by atoms with Crippen molar-refractivity contribution in [2.75, 3.05) is 44.3 Å². The molecule has 226 valence electrons. The van der Waals surface area contributed by atoms with Gasteiger partial charge in [0.05, 0.1) is 25.5 Å². The van der Waals surface area contributed by atoms with Crippen molar-refractivity contribution < 1.29 is 18.0 Å². The summed E-state index contributed by atoms with van der Waals surface area (Å²) >= 11 is 0. The average molecular weight is 587 g/mol. The number of hydrogen-bond donors (Lipinski definition) is 1. The summed E-state index contributed by atoms with van der Waals surface area (Å²) < 4.78 is 26.5. The SMILES string of the molecule is C/C=C/C.C=C1CN(C(=O)c2ccc(CCC(=O)N3CCN(S(C)(=O)=O)CC3)c(C)c2)Cc2cnn(C)c2N1.CC. The van der Waals surface area contributed by atoms with E-state index < -0.39 is 10.0 Å². The number of benzene rings is 1. The number of carbonyl (C=O) groups excluding carboxylic acids is 2. The molecule has 0 atom stereocenters. The van der Waals surface area contributed by atoms with Gasteiger partial charge in [0.2, 0.25) is 15.9 Å². The number of nitrogens with zero attached hydrogens (tertiary/aromatic N) is 5. The van der Waals surface area contributed by atoms with Crippen molar-refractivity contribution in [3.63, 3.8) is 0 Å². The fraction of sp³-hybridized carbons (Fsp3) is 0.500. The molecule has 2 aromatic rings. The molecular formula is C30H46N6O4S. The highest BCUT2D eigenvalue weighted by Crippen LogP contribution is 2.24. The highest BCUT2D eigenvalue weighted by Gasteiger charge is 2.26. The molecule has 41 heavy (non-hydrogen) atoms. The number of carbonyl (C=O) groups is 2. The Morgan fingerprint density at radius 2 is 1.68 bits per heavy atom. The van der Waals surface area contributed by atoms with Gasteiger partial charge in [-0.3, -0.25) is 14.3 Å². The van der Waals surface area contributed by atoms with Crippen LogP contribution in [0.15, 0.2) is 48.8 Å². The number of sulfonamides is 1. The number of nitrogens with one attached hydrogen (secondary N) is 1. The summed E-state index contributed by atoms with van der Waals surface area (Å²) in [6, 6.07) is 5.60. The first-order chi connectivity index (χ1) is 19.4. The number of hydrogen-bond acceptors (Lipinski definition) is 6. The number of anilines is 1. The van der Waals surface area contributed by atoms with Crippen molar-refractivity contribution in [2.45, 2.75) is 54.0 Å². The fourth-order valence-corrected chi connectivity index (χ4v) is 5.39. The van der Waals surface area contributed by atoms with Crippen LogP contribution < -0.4 is 5.32 Å². The van der Waals surface area contributed by atoms with Crippen molar-refractivity contribution >= 4 is 27.7 Å². The van der Waals surface area contributed by atoms with E-state index >= 15 is 0 Å².